The van der Waals surface area contributed by atoms with Gasteiger partial charge < -0.3 is 5.73 Å². The summed E-state index contributed by atoms with van der Waals surface area (Å²) in [4.78, 5) is 0. The van der Waals surface area contributed by atoms with Gasteiger partial charge in [0.25, 0.3) is 5.92 Å². The zero-order chi connectivity index (χ0) is 12.8. The Labute approximate surface area is 103 Å². The highest BCUT2D eigenvalue weighted by Gasteiger charge is 2.55. The van der Waals surface area contributed by atoms with Crippen LogP contribution < -0.4 is 5.73 Å². The van der Waals surface area contributed by atoms with Crippen LogP contribution in [0.4, 0.5) is 8.78 Å². The molecule has 1 aromatic heterocycles. The van der Waals surface area contributed by atoms with Crippen molar-refractivity contribution < 1.29 is 8.78 Å². The summed E-state index contributed by atoms with van der Waals surface area (Å²) in [5.41, 5.74) is 6.62. The number of nitrogens with zero attached hydrogens (tertiary/aromatic N) is 2. The second-order valence-corrected chi connectivity index (χ2v) is 4.83. The number of halogens is 2. The maximum absolute atomic E-state index is 13.1. The van der Waals surface area contributed by atoms with Crippen molar-refractivity contribution in [1.82, 2.24) is 9.78 Å². The Morgan fingerprint density at radius 2 is 1.89 bits per heavy atom. The third-order valence-electron chi connectivity index (χ3n) is 3.34. The summed E-state index contributed by atoms with van der Waals surface area (Å²) in [5.74, 6) is -2.65. The number of alkyl halides is 2. The quantitative estimate of drug-likeness (QED) is 0.888. The van der Waals surface area contributed by atoms with Crippen LogP contribution in [0, 0.1) is 0 Å². The molecule has 1 saturated carbocycles. The molecular weight excluding hydrogens is 236 g/mol. The number of rotatable bonds is 2. The standard InChI is InChI=1S/C13H13F2N3/c14-13(15)8-12(16,9-13)10-4-1-2-5-11(10)18-7-3-6-17-18/h1-7H,8-9,16H2. The van der Waals surface area contributed by atoms with E-state index in [9.17, 15) is 8.78 Å². The van der Waals surface area contributed by atoms with Gasteiger partial charge in [0, 0.05) is 25.2 Å². The van der Waals surface area contributed by atoms with E-state index in [0.29, 0.717) is 0 Å². The van der Waals surface area contributed by atoms with E-state index in [1.165, 1.54) is 0 Å². The fourth-order valence-electron chi connectivity index (χ4n) is 2.57. The molecule has 2 aromatic rings. The lowest BCUT2D eigenvalue weighted by Crippen LogP contribution is -2.55. The highest BCUT2D eigenvalue weighted by Crippen LogP contribution is 2.50. The molecule has 0 aliphatic heterocycles. The van der Waals surface area contributed by atoms with Crippen LogP contribution in [0.1, 0.15) is 18.4 Å². The third-order valence-corrected chi connectivity index (χ3v) is 3.34. The van der Waals surface area contributed by atoms with Crippen LogP contribution in [-0.4, -0.2) is 15.7 Å². The van der Waals surface area contributed by atoms with Gasteiger partial charge in [0.1, 0.15) is 0 Å². The highest BCUT2D eigenvalue weighted by atomic mass is 19.3. The second-order valence-electron chi connectivity index (χ2n) is 4.83. The fourth-order valence-corrected chi connectivity index (χ4v) is 2.57. The molecule has 0 spiro atoms. The van der Waals surface area contributed by atoms with Gasteiger partial charge in [0.2, 0.25) is 0 Å². The molecule has 0 saturated heterocycles. The maximum Gasteiger partial charge on any atom is 0.252 e. The Kier molecular flexibility index (Phi) is 2.28. The third kappa shape index (κ3) is 1.71. The summed E-state index contributed by atoms with van der Waals surface area (Å²) in [6, 6.07) is 9.09. The number of aromatic nitrogens is 2. The van der Waals surface area contributed by atoms with E-state index in [1.807, 2.05) is 18.2 Å². The van der Waals surface area contributed by atoms with Crippen molar-refractivity contribution in [2.75, 3.05) is 0 Å². The van der Waals surface area contributed by atoms with Gasteiger partial charge in [0.05, 0.1) is 11.2 Å². The van der Waals surface area contributed by atoms with Gasteiger partial charge >= 0.3 is 0 Å². The normalized spacial score (nSPS) is 20.4. The molecule has 1 aliphatic carbocycles. The average molecular weight is 249 g/mol. The Hall–Kier alpha value is -1.75. The van der Waals surface area contributed by atoms with Gasteiger partial charge in [-0.15, -0.1) is 0 Å². The lowest BCUT2D eigenvalue weighted by Gasteiger charge is -2.45. The lowest BCUT2D eigenvalue weighted by atomic mass is 9.69. The largest absolute Gasteiger partial charge is 0.321 e. The van der Waals surface area contributed by atoms with Crippen LogP contribution in [-0.2, 0) is 5.54 Å². The van der Waals surface area contributed by atoms with Crippen molar-refractivity contribution in [1.29, 1.82) is 0 Å². The average Bonchev–Trinajstić information content (AvgIpc) is 2.79. The van der Waals surface area contributed by atoms with E-state index >= 15 is 0 Å². The number of benzene rings is 1. The molecule has 94 valence electrons. The summed E-state index contributed by atoms with van der Waals surface area (Å²) in [6.45, 7) is 0. The topological polar surface area (TPSA) is 43.8 Å². The first-order valence-electron chi connectivity index (χ1n) is 5.76. The number of hydrogen-bond acceptors (Lipinski definition) is 2. The summed E-state index contributed by atoms with van der Waals surface area (Å²) in [7, 11) is 0. The van der Waals surface area contributed by atoms with Gasteiger partial charge in [-0.3, -0.25) is 0 Å². The van der Waals surface area contributed by atoms with Crippen molar-refractivity contribution in [3.05, 3.63) is 48.3 Å². The molecule has 3 rings (SSSR count). The molecular formula is C13H13F2N3. The smallest absolute Gasteiger partial charge is 0.252 e. The Morgan fingerprint density at radius 3 is 2.50 bits per heavy atom. The molecule has 18 heavy (non-hydrogen) atoms. The van der Waals surface area contributed by atoms with Crippen LogP contribution in [0.25, 0.3) is 5.69 Å². The van der Waals surface area contributed by atoms with Gasteiger partial charge in [0.15, 0.2) is 0 Å². The van der Waals surface area contributed by atoms with Crippen LogP contribution >= 0.6 is 0 Å². The van der Waals surface area contributed by atoms with Crippen molar-refractivity contribution in [3.8, 4) is 5.69 Å². The van der Waals surface area contributed by atoms with Crippen LogP contribution in [0.2, 0.25) is 0 Å². The van der Waals surface area contributed by atoms with Crippen molar-refractivity contribution >= 4 is 0 Å². The summed E-state index contributed by atoms with van der Waals surface area (Å²) >= 11 is 0. The summed E-state index contributed by atoms with van der Waals surface area (Å²) in [6.07, 6.45) is 2.81. The SMILES string of the molecule is NC1(c2ccccc2-n2cccn2)CC(F)(F)C1. The highest BCUT2D eigenvalue weighted by molar-refractivity contribution is 5.46. The van der Waals surface area contributed by atoms with Crippen molar-refractivity contribution in [2.24, 2.45) is 5.73 Å². The number of para-hydroxylation sites is 1. The minimum atomic E-state index is -2.65. The fraction of sp³-hybridized carbons (Fsp3) is 0.308. The van der Waals surface area contributed by atoms with E-state index in [0.717, 1.165) is 11.3 Å². The first kappa shape index (κ1) is 11.3. The molecule has 0 radical (unpaired) electrons. The van der Waals surface area contributed by atoms with Gasteiger partial charge in [-0.1, -0.05) is 18.2 Å². The molecule has 1 heterocycles. The first-order chi connectivity index (χ1) is 8.50. The molecule has 1 fully saturated rings. The predicted molar refractivity (Wildman–Crippen MR) is 63.6 cm³/mol. The van der Waals surface area contributed by atoms with E-state index in [4.69, 9.17) is 5.73 Å². The molecule has 1 aliphatic rings. The van der Waals surface area contributed by atoms with E-state index < -0.39 is 11.5 Å². The Morgan fingerprint density at radius 1 is 1.17 bits per heavy atom. The molecule has 0 bridgehead atoms. The number of hydrogen-bond donors (Lipinski definition) is 1. The zero-order valence-electron chi connectivity index (χ0n) is 9.68. The van der Waals surface area contributed by atoms with Crippen LogP contribution in [0.15, 0.2) is 42.7 Å². The Balaban J connectivity index is 2.04. The molecule has 0 amide bonds. The molecule has 5 heteroatoms. The molecule has 1 aromatic carbocycles. The summed E-state index contributed by atoms with van der Waals surface area (Å²) < 4.78 is 27.8. The lowest BCUT2D eigenvalue weighted by molar-refractivity contribution is -0.125. The van der Waals surface area contributed by atoms with Gasteiger partial charge in [-0.2, -0.15) is 5.10 Å². The Bertz CT molecular complexity index is 555. The maximum atomic E-state index is 13.1. The van der Waals surface area contributed by atoms with E-state index in [1.54, 1.807) is 29.2 Å². The van der Waals surface area contributed by atoms with Crippen LogP contribution in [0.5, 0.6) is 0 Å². The van der Waals surface area contributed by atoms with Gasteiger partial charge in [-0.25, -0.2) is 13.5 Å². The van der Waals surface area contributed by atoms with E-state index in [-0.39, 0.29) is 12.8 Å². The monoisotopic (exact) mass is 249 g/mol. The van der Waals surface area contributed by atoms with Crippen molar-refractivity contribution in [2.45, 2.75) is 24.3 Å². The van der Waals surface area contributed by atoms with Gasteiger partial charge in [-0.05, 0) is 17.7 Å². The second kappa shape index (κ2) is 3.62. The molecule has 0 unspecified atom stereocenters. The summed E-state index contributed by atoms with van der Waals surface area (Å²) in [5, 5.41) is 4.13. The first-order valence-corrected chi connectivity index (χ1v) is 5.76. The predicted octanol–water partition coefficient (Wildman–Crippen LogP) is 2.46. The zero-order valence-corrected chi connectivity index (χ0v) is 9.68. The van der Waals surface area contributed by atoms with E-state index in [2.05, 4.69) is 5.10 Å². The molecule has 3 nitrogen and oxygen atoms in total. The molecule has 2 N–H and O–H groups in total. The number of nitrogens with two attached hydrogens (primary N) is 1. The molecule has 0 atom stereocenters. The minimum absolute atomic E-state index is 0.307. The minimum Gasteiger partial charge on any atom is -0.321 e. The van der Waals surface area contributed by atoms with Crippen molar-refractivity contribution in [3.63, 3.8) is 0 Å². The van der Waals surface area contributed by atoms with Crippen LogP contribution in [0.3, 0.4) is 0 Å².